The Morgan fingerprint density at radius 2 is 1.67 bits per heavy atom. The van der Waals surface area contributed by atoms with Crippen molar-refractivity contribution < 1.29 is 14.7 Å². The number of benzene rings is 3. The van der Waals surface area contributed by atoms with Crippen LogP contribution in [0.15, 0.2) is 65.8 Å². The van der Waals surface area contributed by atoms with Gasteiger partial charge in [0.1, 0.15) is 5.71 Å². The molecule has 0 radical (unpaired) electrons. The van der Waals surface area contributed by atoms with Gasteiger partial charge in [0.25, 0.3) is 0 Å². The maximum absolute atomic E-state index is 12.6. The number of Topliss-reactive ketones (excluding diaryl/α,β-unsaturated/α-hetero) is 1. The van der Waals surface area contributed by atoms with Crippen molar-refractivity contribution in [3.05, 3.63) is 77.4 Å². The van der Waals surface area contributed by atoms with Crippen molar-refractivity contribution in [2.24, 2.45) is 5.10 Å². The molecular weight excluding hydrogens is 304 g/mol. The van der Waals surface area contributed by atoms with E-state index in [1.54, 1.807) is 18.2 Å². The van der Waals surface area contributed by atoms with E-state index in [1.807, 2.05) is 30.3 Å². The predicted molar refractivity (Wildman–Crippen MR) is 91.8 cm³/mol. The van der Waals surface area contributed by atoms with Gasteiger partial charge < -0.3 is 5.11 Å². The van der Waals surface area contributed by atoms with Gasteiger partial charge in [0.2, 0.25) is 5.78 Å². The summed E-state index contributed by atoms with van der Waals surface area (Å²) in [5.41, 5.74) is 5.23. The summed E-state index contributed by atoms with van der Waals surface area (Å²) in [6.07, 6.45) is 0. The second-order valence-electron chi connectivity index (χ2n) is 5.50. The maximum atomic E-state index is 12.6. The molecule has 0 atom stereocenters. The summed E-state index contributed by atoms with van der Waals surface area (Å²) in [6.45, 7) is 0. The van der Waals surface area contributed by atoms with E-state index in [0.717, 1.165) is 16.3 Å². The molecule has 24 heavy (non-hydrogen) atoms. The molecule has 4 rings (SSSR count). The summed E-state index contributed by atoms with van der Waals surface area (Å²) in [6, 6.07) is 17.6. The minimum absolute atomic E-state index is 0.135. The Hall–Kier alpha value is -3.47. The minimum atomic E-state index is -1.01. The number of carboxylic acid groups (broad SMARTS) is 1. The first-order valence-corrected chi connectivity index (χ1v) is 7.39. The van der Waals surface area contributed by atoms with Gasteiger partial charge in [-0.15, -0.1) is 0 Å². The summed E-state index contributed by atoms with van der Waals surface area (Å²) in [5, 5.41) is 15.2. The van der Waals surface area contributed by atoms with Gasteiger partial charge in [-0.25, -0.2) is 4.79 Å². The molecule has 0 aromatic heterocycles. The van der Waals surface area contributed by atoms with Gasteiger partial charge in [-0.2, -0.15) is 5.10 Å². The highest BCUT2D eigenvalue weighted by Crippen LogP contribution is 2.31. The molecule has 1 aliphatic carbocycles. The highest BCUT2D eigenvalue weighted by Gasteiger charge is 2.28. The average Bonchev–Trinajstić information content (AvgIpc) is 2.88. The molecule has 5 nitrogen and oxygen atoms in total. The van der Waals surface area contributed by atoms with Crippen LogP contribution >= 0.6 is 0 Å². The Balaban J connectivity index is 1.75. The third-order valence-corrected chi connectivity index (χ3v) is 4.03. The number of hydrogen-bond donors (Lipinski definition) is 2. The molecule has 0 saturated carbocycles. The van der Waals surface area contributed by atoms with Crippen LogP contribution < -0.4 is 5.43 Å². The first kappa shape index (κ1) is 14.1. The van der Waals surface area contributed by atoms with Crippen molar-refractivity contribution in [3.8, 4) is 0 Å². The highest BCUT2D eigenvalue weighted by molar-refractivity contribution is 6.59. The van der Waals surface area contributed by atoms with Gasteiger partial charge in [0, 0.05) is 16.5 Å². The molecule has 3 aromatic rings. The van der Waals surface area contributed by atoms with Crippen molar-refractivity contribution in [1.82, 2.24) is 0 Å². The Morgan fingerprint density at radius 1 is 0.958 bits per heavy atom. The van der Waals surface area contributed by atoms with Crippen LogP contribution in [0.4, 0.5) is 5.69 Å². The molecule has 0 unspecified atom stereocenters. The number of nitrogens with one attached hydrogen (secondary N) is 1. The van der Waals surface area contributed by atoms with Gasteiger partial charge in [-0.3, -0.25) is 10.2 Å². The Morgan fingerprint density at radius 3 is 2.42 bits per heavy atom. The van der Waals surface area contributed by atoms with Crippen LogP contribution in [-0.4, -0.2) is 22.6 Å². The Kier molecular flexibility index (Phi) is 3.13. The zero-order chi connectivity index (χ0) is 16.7. The lowest BCUT2D eigenvalue weighted by Gasteiger charge is -2.03. The molecule has 2 N–H and O–H groups in total. The zero-order valence-electron chi connectivity index (χ0n) is 12.5. The van der Waals surface area contributed by atoms with E-state index >= 15 is 0 Å². The lowest BCUT2D eigenvalue weighted by atomic mass is 10.1. The fraction of sp³-hybridized carbons (Fsp3) is 0. The summed E-state index contributed by atoms with van der Waals surface area (Å²) >= 11 is 0. The van der Waals surface area contributed by atoms with Crippen molar-refractivity contribution >= 4 is 33.9 Å². The van der Waals surface area contributed by atoms with Crippen LogP contribution in [0.1, 0.15) is 26.3 Å². The molecule has 0 aliphatic heterocycles. The van der Waals surface area contributed by atoms with Gasteiger partial charge in [-0.1, -0.05) is 42.5 Å². The molecular formula is C19H12N2O3. The SMILES string of the molecule is O=C(O)c1cccc(N/N=C2\C(=O)c3cccc4cccc2c34)c1. The lowest BCUT2D eigenvalue weighted by molar-refractivity contribution is 0.0696. The molecule has 0 bridgehead atoms. The van der Waals surface area contributed by atoms with Crippen molar-refractivity contribution in [1.29, 1.82) is 0 Å². The van der Waals surface area contributed by atoms with Crippen LogP contribution in [0.2, 0.25) is 0 Å². The summed E-state index contributed by atoms with van der Waals surface area (Å²) < 4.78 is 0. The second-order valence-corrected chi connectivity index (χ2v) is 5.50. The van der Waals surface area contributed by atoms with E-state index in [0.29, 0.717) is 17.0 Å². The number of carbonyl (C=O) groups is 2. The van der Waals surface area contributed by atoms with Crippen LogP contribution in [-0.2, 0) is 0 Å². The number of ketones is 1. The Bertz CT molecular complexity index is 1030. The lowest BCUT2D eigenvalue weighted by Crippen LogP contribution is -2.11. The zero-order valence-corrected chi connectivity index (χ0v) is 12.5. The van der Waals surface area contributed by atoms with Crippen LogP contribution in [0.25, 0.3) is 10.8 Å². The van der Waals surface area contributed by atoms with Gasteiger partial charge in [0.15, 0.2) is 0 Å². The fourth-order valence-corrected chi connectivity index (χ4v) is 2.93. The van der Waals surface area contributed by atoms with Crippen molar-refractivity contribution in [3.63, 3.8) is 0 Å². The number of hydrogen-bond acceptors (Lipinski definition) is 4. The van der Waals surface area contributed by atoms with Crippen LogP contribution in [0.5, 0.6) is 0 Å². The van der Waals surface area contributed by atoms with Crippen molar-refractivity contribution in [2.75, 3.05) is 5.43 Å². The number of carboxylic acids is 1. The molecule has 0 heterocycles. The molecule has 3 aromatic carbocycles. The molecule has 0 spiro atoms. The minimum Gasteiger partial charge on any atom is -0.478 e. The van der Waals surface area contributed by atoms with E-state index in [1.165, 1.54) is 12.1 Å². The van der Waals surface area contributed by atoms with E-state index in [4.69, 9.17) is 5.11 Å². The normalized spacial score (nSPS) is 14.3. The first-order valence-electron chi connectivity index (χ1n) is 7.39. The third kappa shape index (κ3) is 2.14. The summed E-state index contributed by atoms with van der Waals surface area (Å²) in [7, 11) is 0. The van der Waals surface area contributed by atoms with Crippen LogP contribution in [0.3, 0.4) is 0 Å². The summed E-state index contributed by atoms with van der Waals surface area (Å²) in [5.74, 6) is -1.15. The molecule has 116 valence electrons. The van der Waals surface area contributed by atoms with E-state index in [2.05, 4.69) is 10.5 Å². The molecule has 0 saturated heterocycles. The maximum Gasteiger partial charge on any atom is 0.335 e. The first-order chi connectivity index (χ1) is 11.6. The van der Waals surface area contributed by atoms with Gasteiger partial charge in [0.05, 0.1) is 11.3 Å². The number of anilines is 1. The van der Waals surface area contributed by atoms with Gasteiger partial charge >= 0.3 is 5.97 Å². The Labute approximate surface area is 137 Å². The number of nitrogens with zero attached hydrogens (tertiary/aromatic N) is 1. The van der Waals surface area contributed by atoms with Crippen LogP contribution in [0, 0.1) is 0 Å². The van der Waals surface area contributed by atoms with E-state index in [9.17, 15) is 9.59 Å². The largest absolute Gasteiger partial charge is 0.478 e. The number of hydrazone groups is 1. The molecule has 1 aliphatic rings. The number of aromatic carboxylic acids is 1. The molecule has 0 amide bonds. The average molecular weight is 316 g/mol. The van der Waals surface area contributed by atoms with E-state index < -0.39 is 5.97 Å². The number of rotatable bonds is 3. The highest BCUT2D eigenvalue weighted by atomic mass is 16.4. The topological polar surface area (TPSA) is 78.8 Å². The standard InChI is InChI=1S/C19H12N2O3/c22-18-15-9-3-5-11-4-2-8-14(16(11)15)17(18)21-20-13-7-1-6-12(10-13)19(23)24/h1-10,20H,(H,23,24)/b21-17-. The summed E-state index contributed by atoms with van der Waals surface area (Å²) in [4.78, 5) is 23.6. The molecule has 5 heteroatoms. The van der Waals surface area contributed by atoms with Crippen molar-refractivity contribution in [2.45, 2.75) is 0 Å². The second kappa shape index (κ2) is 5.31. The smallest absolute Gasteiger partial charge is 0.335 e. The monoisotopic (exact) mass is 316 g/mol. The fourth-order valence-electron chi connectivity index (χ4n) is 2.93. The predicted octanol–water partition coefficient (Wildman–Crippen LogP) is 3.55. The van der Waals surface area contributed by atoms with E-state index in [-0.39, 0.29) is 11.3 Å². The third-order valence-electron chi connectivity index (χ3n) is 4.03. The molecule has 0 fully saturated rings. The van der Waals surface area contributed by atoms with Gasteiger partial charge in [-0.05, 0) is 23.6 Å². The number of carbonyl (C=O) groups excluding carboxylic acids is 1. The quantitative estimate of drug-likeness (QED) is 0.724.